The van der Waals surface area contributed by atoms with Gasteiger partial charge in [0.2, 0.25) is 0 Å². The first-order valence-electron chi connectivity index (χ1n) is 5.13. The Morgan fingerprint density at radius 1 is 1.23 bits per heavy atom. The van der Waals surface area contributed by atoms with Gasteiger partial charge < -0.3 is 5.32 Å². The maximum Gasteiger partial charge on any atom is 0.00277 e. The number of hydrogen-bond acceptors (Lipinski definition) is 1. The monoisotopic (exact) mass is 177 g/mol. The molecule has 1 heteroatoms. The lowest BCUT2D eigenvalue weighted by Gasteiger charge is -1.95. The van der Waals surface area contributed by atoms with Gasteiger partial charge in [0.05, 0.1) is 0 Å². The molecule has 0 bridgehead atoms. The molecule has 1 aliphatic rings. The molecule has 1 aliphatic carbocycles. The van der Waals surface area contributed by atoms with Gasteiger partial charge in [-0.2, -0.15) is 0 Å². The van der Waals surface area contributed by atoms with Gasteiger partial charge in [-0.3, -0.25) is 0 Å². The van der Waals surface area contributed by atoms with E-state index in [0.717, 1.165) is 0 Å². The zero-order chi connectivity index (χ0) is 9.36. The van der Waals surface area contributed by atoms with Crippen molar-refractivity contribution in [2.24, 2.45) is 0 Å². The highest BCUT2D eigenvalue weighted by Gasteiger charge is 1.97. The van der Waals surface area contributed by atoms with Crippen LogP contribution in [0.3, 0.4) is 0 Å². The number of hydrogen-bond donors (Lipinski definition) is 1. The average molecular weight is 177 g/mol. The molecule has 0 aromatic heterocycles. The van der Waals surface area contributed by atoms with E-state index in [-0.39, 0.29) is 0 Å². The van der Waals surface area contributed by atoms with E-state index in [2.05, 4.69) is 23.5 Å². The van der Waals surface area contributed by atoms with Crippen molar-refractivity contribution in [1.82, 2.24) is 5.32 Å². The van der Waals surface area contributed by atoms with E-state index in [1.54, 1.807) is 0 Å². The standard InChI is InChI=1S/C12H19N/c1-13-11-7-6-10-12-8-4-2-3-5-9-12/h6-8,10-11,13H,2-5,9H2,1H3/b10-6-,11-7+. The zero-order valence-corrected chi connectivity index (χ0v) is 8.42. The molecule has 72 valence electrons. The van der Waals surface area contributed by atoms with Crippen LogP contribution < -0.4 is 5.32 Å². The molecule has 0 aliphatic heterocycles. The number of nitrogens with one attached hydrogen (secondary N) is 1. The molecule has 1 nitrogen and oxygen atoms in total. The van der Waals surface area contributed by atoms with Crippen LogP contribution in [0, 0.1) is 0 Å². The van der Waals surface area contributed by atoms with Crippen molar-refractivity contribution in [3.63, 3.8) is 0 Å². The van der Waals surface area contributed by atoms with Crippen molar-refractivity contribution < 1.29 is 0 Å². The Hall–Kier alpha value is -0.980. The second kappa shape index (κ2) is 6.53. The molecule has 0 amide bonds. The molecule has 0 aromatic carbocycles. The highest BCUT2D eigenvalue weighted by atomic mass is 14.8. The molecule has 13 heavy (non-hydrogen) atoms. The third kappa shape index (κ3) is 4.56. The highest BCUT2D eigenvalue weighted by Crippen LogP contribution is 2.17. The molecule has 0 heterocycles. The van der Waals surface area contributed by atoms with Crippen molar-refractivity contribution in [2.75, 3.05) is 7.05 Å². The summed E-state index contributed by atoms with van der Waals surface area (Å²) in [4.78, 5) is 0. The van der Waals surface area contributed by atoms with Gasteiger partial charge in [0.25, 0.3) is 0 Å². The van der Waals surface area contributed by atoms with E-state index in [4.69, 9.17) is 0 Å². The molecule has 0 fully saturated rings. The van der Waals surface area contributed by atoms with Crippen LogP contribution in [-0.2, 0) is 0 Å². The lowest BCUT2D eigenvalue weighted by atomic mass is 10.1. The average Bonchev–Trinajstić information content (AvgIpc) is 2.41. The van der Waals surface area contributed by atoms with Gasteiger partial charge in [-0.1, -0.05) is 30.2 Å². The molecule has 0 atom stereocenters. The molecule has 1 N–H and O–H groups in total. The Bertz CT molecular complexity index is 211. The van der Waals surface area contributed by atoms with Crippen LogP contribution in [0.15, 0.2) is 36.1 Å². The topological polar surface area (TPSA) is 12.0 Å². The number of allylic oxidation sites excluding steroid dienone is 5. The van der Waals surface area contributed by atoms with Crippen molar-refractivity contribution in [3.8, 4) is 0 Å². The first-order chi connectivity index (χ1) is 6.43. The zero-order valence-electron chi connectivity index (χ0n) is 8.42. The summed E-state index contributed by atoms with van der Waals surface area (Å²) >= 11 is 0. The summed E-state index contributed by atoms with van der Waals surface area (Å²) in [6.45, 7) is 0. The van der Waals surface area contributed by atoms with Crippen LogP contribution in [0.4, 0.5) is 0 Å². The number of rotatable bonds is 3. The molecule has 0 unspecified atom stereocenters. The fourth-order valence-corrected chi connectivity index (χ4v) is 1.52. The smallest absolute Gasteiger partial charge is 0.00277 e. The third-order valence-corrected chi connectivity index (χ3v) is 2.26. The van der Waals surface area contributed by atoms with E-state index in [1.807, 2.05) is 19.3 Å². The summed E-state index contributed by atoms with van der Waals surface area (Å²) in [6.07, 6.45) is 17.3. The van der Waals surface area contributed by atoms with Gasteiger partial charge in [-0.15, -0.1) is 0 Å². The third-order valence-electron chi connectivity index (χ3n) is 2.26. The summed E-state index contributed by atoms with van der Waals surface area (Å²) in [6, 6.07) is 0. The molecular formula is C12H19N. The van der Waals surface area contributed by atoms with Gasteiger partial charge in [0, 0.05) is 7.05 Å². The van der Waals surface area contributed by atoms with Crippen LogP contribution in [0.1, 0.15) is 32.1 Å². The Labute approximate surface area is 81.2 Å². The molecule has 0 radical (unpaired) electrons. The van der Waals surface area contributed by atoms with Gasteiger partial charge in [0.1, 0.15) is 0 Å². The minimum Gasteiger partial charge on any atom is -0.394 e. The summed E-state index contributed by atoms with van der Waals surface area (Å²) in [5.41, 5.74) is 1.50. The second-order valence-electron chi connectivity index (χ2n) is 3.39. The fourth-order valence-electron chi connectivity index (χ4n) is 1.52. The predicted molar refractivity (Wildman–Crippen MR) is 58.5 cm³/mol. The van der Waals surface area contributed by atoms with Crippen LogP contribution in [0.5, 0.6) is 0 Å². The van der Waals surface area contributed by atoms with E-state index in [0.29, 0.717) is 0 Å². The Morgan fingerprint density at radius 3 is 3.00 bits per heavy atom. The van der Waals surface area contributed by atoms with Gasteiger partial charge in [-0.25, -0.2) is 0 Å². The van der Waals surface area contributed by atoms with Crippen molar-refractivity contribution in [3.05, 3.63) is 36.1 Å². The maximum absolute atomic E-state index is 2.97. The lowest BCUT2D eigenvalue weighted by molar-refractivity contribution is 0.713. The molecule has 0 saturated carbocycles. The minimum absolute atomic E-state index is 1.25. The largest absolute Gasteiger partial charge is 0.394 e. The summed E-state index contributed by atoms with van der Waals surface area (Å²) in [5, 5.41) is 2.97. The van der Waals surface area contributed by atoms with E-state index in [9.17, 15) is 0 Å². The summed E-state index contributed by atoms with van der Waals surface area (Å²) in [7, 11) is 1.91. The predicted octanol–water partition coefficient (Wildman–Crippen LogP) is 3.17. The summed E-state index contributed by atoms with van der Waals surface area (Å²) in [5.74, 6) is 0. The van der Waals surface area contributed by atoms with Gasteiger partial charge in [-0.05, 0) is 38.0 Å². The van der Waals surface area contributed by atoms with E-state index < -0.39 is 0 Å². The maximum atomic E-state index is 2.97. The van der Waals surface area contributed by atoms with Crippen LogP contribution in [0.25, 0.3) is 0 Å². The quantitative estimate of drug-likeness (QED) is 0.653. The van der Waals surface area contributed by atoms with Crippen LogP contribution in [-0.4, -0.2) is 7.05 Å². The molecule has 0 saturated heterocycles. The van der Waals surface area contributed by atoms with Crippen molar-refractivity contribution >= 4 is 0 Å². The lowest BCUT2D eigenvalue weighted by Crippen LogP contribution is -1.89. The Kier molecular flexibility index (Phi) is 5.07. The van der Waals surface area contributed by atoms with E-state index in [1.165, 1.54) is 37.7 Å². The molecular weight excluding hydrogens is 158 g/mol. The van der Waals surface area contributed by atoms with Crippen LogP contribution >= 0.6 is 0 Å². The SMILES string of the molecule is CN/C=C/C=C\C1=CCCCCC1. The molecule has 0 aromatic rings. The first-order valence-corrected chi connectivity index (χ1v) is 5.13. The summed E-state index contributed by atoms with van der Waals surface area (Å²) < 4.78 is 0. The van der Waals surface area contributed by atoms with E-state index >= 15 is 0 Å². The first kappa shape index (κ1) is 10.1. The Balaban J connectivity index is 2.37. The van der Waals surface area contributed by atoms with Gasteiger partial charge in [0.15, 0.2) is 0 Å². The van der Waals surface area contributed by atoms with Crippen LogP contribution in [0.2, 0.25) is 0 Å². The van der Waals surface area contributed by atoms with Gasteiger partial charge >= 0.3 is 0 Å². The minimum atomic E-state index is 1.25. The molecule has 0 spiro atoms. The second-order valence-corrected chi connectivity index (χ2v) is 3.39. The Morgan fingerprint density at radius 2 is 2.15 bits per heavy atom. The fraction of sp³-hybridized carbons (Fsp3) is 0.500. The van der Waals surface area contributed by atoms with Crippen molar-refractivity contribution in [2.45, 2.75) is 32.1 Å². The molecule has 1 rings (SSSR count). The normalized spacial score (nSPS) is 19.0. The van der Waals surface area contributed by atoms with Crippen molar-refractivity contribution in [1.29, 1.82) is 0 Å². The highest BCUT2D eigenvalue weighted by molar-refractivity contribution is 5.22.